The molecule has 0 amide bonds. The van der Waals surface area contributed by atoms with Gasteiger partial charge in [-0.1, -0.05) is 23.9 Å². The van der Waals surface area contributed by atoms with Crippen molar-refractivity contribution in [2.45, 2.75) is 42.3 Å². The molecular formula is C14H19N5OS. The fourth-order valence-electron chi connectivity index (χ4n) is 2.22. The second-order valence-corrected chi connectivity index (χ2v) is 6.42. The fourth-order valence-corrected chi connectivity index (χ4v) is 3.32. The number of hydrogen-bond donors (Lipinski definition) is 1. The molecule has 2 N–H and O–H groups in total. The van der Waals surface area contributed by atoms with Crippen LogP contribution in [0, 0.1) is 0 Å². The lowest BCUT2D eigenvalue weighted by atomic mass is 10.1. The maximum atomic E-state index is 6.18. The number of ether oxygens (including phenoxy) is 1. The van der Waals surface area contributed by atoms with E-state index in [1.165, 1.54) is 0 Å². The summed E-state index contributed by atoms with van der Waals surface area (Å²) in [6.45, 7) is 2.00. The smallest absolute Gasteiger partial charge is 0.210 e. The van der Waals surface area contributed by atoms with E-state index in [1.807, 2.05) is 29.8 Å². The zero-order chi connectivity index (χ0) is 14.8. The number of hydrogen-bond acceptors (Lipinski definition) is 6. The summed E-state index contributed by atoms with van der Waals surface area (Å²) >= 11 is 1.62. The van der Waals surface area contributed by atoms with Crippen LogP contribution in [0.2, 0.25) is 0 Å². The van der Waals surface area contributed by atoms with Crippen molar-refractivity contribution >= 4 is 11.8 Å². The van der Waals surface area contributed by atoms with E-state index in [-0.39, 0.29) is 11.3 Å². The highest BCUT2D eigenvalue weighted by Gasteiger charge is 2.30. The lowest BCUT2D eigenvalue weighted by Crippen LogP contribution is -2.23. The van der Waals surface area contributed by atoms with Crippen molar-refractivity contribution in [1.82, 2.24) is 20.2 Å². The molecule has 1 fully saturated rings. The number of rotatable bonds is 6. The van der Waals surface area contributed by atoms with E-state index in [0.29, 0.717) is 6.04 Å². The van der Waals surface area contributed by atoms with Gasteiger partial charge in [0.25, 0.3) is 0 Å². The minimum absolute atomic E-state index is 0.0218. The molecule has 0 bridgehead atoms. The Morgan fingerprint density at radius 2 is 2.24 bits per heavy atom. The minimum Gasteiger partial charge on any atom is -0.497 e. The van der Waals surface area contributed by atoms with Crippen molar-refractivity contribution in [2.24, 2.45) is 5.73 Å². The van der Waals surface area contributed by atoms with Crippen LogP contribution in [-0.2, 0) is 0 Å². The van der Waals surface area contributed by atoms with E-state index >= 15 is 0 Å². The first-order valence-electron chi connectivity index (χ1n) is 7.03. The number of tetrazole rings is 1. The Bertz CT molecular complexity index is 611. The van der Waals surface area contributed by atoms with Crippen LogP contribution < -0.4 is 10.5 Å². The maximum Gasteiger partial charge on any atom is 0.210 e. The van der Waals surface area contributed by atoms with Crippen molar-refractivity contribution in [1.29, 1.82) is 0 Å². The van der Waals surface area contributed by atoms with Gasteiger partial charge in [0.15, 0.2) is 0 Å². The van der Waals surface area contributed by atoms with Crippen molar-refractivity contribution < 1.29 is 4.74 Å². The molecule has 1 aromatic heterocycles. The lowest BCUT2D eigenvalue weighted by Gasteiger charge is -2.20. The van der Waals surface area contributed by atoms with Gasteiger partial charge in [-0.15, -0.1) is 5.10 Å². The average molecular weight is 305 g/mol. The number of aromatic nitrogens is 4. The molecule has 1 aliphatic rings. The third-order valence-corrected chi connectivity index (χ3v) is 4.92. The Morgan fingerprint density at radius 1 is 1.43 bits per heavy atom. The van der Waals surface area contributed by atoms with Crippen molar-refractivity contribution in [2.75, 3.05) is 7.11 Å². The highest BCUT2D eigenvalue weighted by molar-refractivity contribution is 7.99. The zero-order valence-electron chi connectivity index (χ0n) is 12.1. The molecule has 21 heavy (non-hydrogen) atoms. The van der Waals surface area contributed by atoms with E-state index < -0.39 is 0 Å². The van der Waals surface area contributed by atoms with Gasteiger partial charge in [0.2, 0.25) is 5.16 Å². The number of methoxy groups -OCH3 is 1. The largest absolute Gasteiger partial charge is 0.497 e. The Hall–Kier alpha value is -1.60. The predicted octanol–water partition coefficient (Wildman–Crippen LogP) is 2.20. The van der Waals surface area contributed by atoms with Gasteiger partial charge in [-0.2, -0.15) is 0 Å². The molecular weight excluding hydrogens is 286 g/mol. The van der Waals surface area contributed by atoms with Crippen LogP contribution in [0.25, 0.3) is 0 Å². The molecule has 7 heteroatoms. The van der Waals surface area contributed by atoms with Crippen LogP contribution >= 0.6 is 11.8 Å². The van der Waals surface area contributed by atoms with E-state index in [2.05, 4.69) is 21.6 Å². The summed E-state index contributed by atoms with van der Waals surface area (Å²) in [5.74, 6) is 0.834. The summed E-state index contributed by atoms with van der Waals surface area (Å²) < 4.78 is 7.21. The summed E-state index contributed by atoms with van der Waals surface area (Å²) in [4.78, 5) is 0. The molecule has 2 unspecified atom stereocenters. The van der Waals surface area contributed by atoms with Gasteiger partial charge in [0, 0.05) is 6.04 Å². The number of benzene rings is 1. The normalized spacial score (nSPS) is 17.5. The van der Waals surface area contributed by atoms with E-state index in [4.69, 9.17) is 10.5 Å². The van der Waals surface area contributed by atoms with E-state index in [0.717, 1.165) is 29.3 Å². The van der Waals surface area contributed by atoms with Crippen molar-refractivity contribution in [3.63, 3.8) is 0 Å². The molecule has 6 nitrogen and oxygen atoms in total. The summed E-state index contributed by atoms with van der Waals surface area (Å²) in [5.41, 5.74) is 7.30. The van der Waals surface area contributed by atoms with Gasteiger partial charge < -0.3 is 10.5 Å². The van der Waals surface area contributed by atoms with Crippen LogP contribution in [0.3, 0.4) is 0 Å². The third-order valence-electron chi connectivity index (χ3n) is 3.49. The zero-order valence-corrected chi connectivity index (χ0v) is 13.0. The predicted molar refractivity (Wildman–Crippen MR) is 81.3 cm³/mol. The SMILES string of the molecule is COc1cccc(C(Sc2nnnn2C2CC2)C(C)N)c1. The summed E-state index contributed by atoms with van der Waals surface area (Å²) in [6, 6.07) is 8.43. The molecule has 3 rings (SSSR count). The Morgan fingerprint density at radius 3 is 2.90 bits per heavy atom. The number of nitrogens with two attached hydrogens (primary N) is 1. The number of thioether (sulfide) groups is 1. The Balaban J connectivity index is 1.85. The number of nitrogens with zero attached hydrogens (tertiary/aromatic N) is 4. The maximum absolute atomic E-state index is 6.18. The summed E-state index contributed by atoms with van der Waals surface area (Å²) in [7, 11) is 1.67. The minimum atomic E-state index is -0.0218. The molecule has 0 spiro atoms. The average Bonchev–Trinajstić information content (AvgIpc) is 3.23. The topological polar surface area (TPSA) is 78.9 Å². The second-order valence-electron chi connectivity index (χ2n) is 5.31. The first kappa shape index (κ1) is 14.3. The van der Waals surface area contributed by atoms with Gasteiger partial charge >= 0.3 is 0 Å². The first-order valence-corrected chi connectivity index (χ1v) is 7.91. The quantitative estimate of drug-likeness (QED) is 0.824. The molecule has 1 saturated carbocycles. The van der Waals surface area contributed by atoms with E-state index in [1.54, 1.807) is 18.9 Å². The molecule has 112 valence electrons. The van der Waals surface area contributed by atoms with Crippen LogP contribution in [0.5, 0.6) is 5.75 Å². The lowest BCUT2D eigenvalue weighted by molar-refractivity contribution is 0.414. The molecule has 2 aromatic rings. The Labute approximate surface area is 128 Å². The molecule has 0 aliphatic heterocycles. The van der Waals surface area contributed by atoms with Gasteiger partial charge in [0.05, 0.1) is 18.4 Å². The highest BCUT2D eigenvalue weighted by atomic mass is 32.2. The van der Waals surface area contributed by atoms with E-state index in [9.17, 15) is 0 Å². The van der Waals surface area contributed by atoms with Gasteiger partial charge in [-0.25, -0.2) is 4.68 Å². The van der Waals surface area contributed by atoms with Crippen LogP contribution in [0.4, 0.5) is 0 Å². The van der Waals surface area contributed by atoms with Crippen LogP contribution in [-0.4, -0.2) is 33.4 Å². The van der Waals surface area contributed by atoms with Gasteiger partial charge in [-0.05, 0) is 47.9 Å². The standard InChI is InChI=1S/C14H19N5OS/c1-9(15)13(10-4-3-5-12(8-10)20-2)21-14-16-17-18-19(14)11-6-7-11/h3-5,8-9,11,13H,6-7,15H2,1-2H3. The van der Waals surface area contributed by atoms with Crippen LogP contribution in [0.1, 0.15) is 36.6 Å². The third kappa shape index (κ3) is 3.19. The van der Waals surface area contributed by atoms with Crippen molar-refractivity contribution in [3.05, 3.63) is 29.8 Å². The Kier molecular flexibility index (Phi) is 4.12. The first-order chi connectivity index (χ1) is 10.2. The highest BCUT2D eigenvalue weighted by Crippen LogP contribution is 2.41. The van der Waals surface area contributed by atoms with Crippen LogP contribution in [0.15, 0.2) is 29.4 Å². The summed E-state index contributed by atoms with van der Waals surface area (Å²) in [6.07, 6.45) is 2.31. The second kappa shape index (κ2) is 6.03. The monoisotopic (exact) mass is 305 g/mol. The molecule has 0 saturated heterocycles. The molecule has 0 radical (unpaired) electrons. The fraction of sp³-hybridized carbons (Fsp3) is 0.500. The molecule has 1 heterocycles. The van der Waals surface area contributed by atoms with Gasteiger partial charge in [-0.3, -0.25) is 0 Å². The molecule has 1 aromatic carbocycles. The van der Waals surface area contributed by atoms with Crippen molar-refractivity contribution in [3.8, 4) is 5.75 Å². The molecule has 1 aliphatic carbocycles. The molecule has 2 atom stereocenters. The van der Waals surface area contributed by atoms with Gasteiger partial charge in [0.1, 0.15) is 5.75 Å². The summed E-state index contributed by atoms with van der Waals surface area (Å²) in [5, 5.41) is 13.0.